The molecule has 1 saturated heterocycles. The van der Waals surface area contributed by atoms with Crippen LogP contribution < -0.4 is 4.90 Å². The molecule has 0 bridgehead atoms. The molecule has 2 heterocycles. The highest BCUT2D eigenvalue weighted by molar-refractivity contribution is 6.08. The van der Waals surface area contributed by atoms with Gasteiger partial charge in [0.1, 0.15) is 24.6 Å². The van der Waals surface area contributed by atoms with Crippen molar-refractivity contribution in [2.45, 2.75) is 90.0 Å². The van der Waals surface area contributed by atoms with Crippen molar-refractivity contribution in [1.29, 1.82) is 0 Å². The summed E-state index contributed by atoms with van der Waals surface area (Å²) in [5.74, 6) is -4.34. The van der Waals surface area contributed by atoms with Crippen LogP contribution in [0.1, 0.15) is 59.4 Å². The van der Waals surface area contributed by atoms with E-state index in [1.807, 2.05) is 6.92 Å². The van der Waals surface area contributed by atoms with E-state index in [2.05, 4.69) is 0 Å². The first-order valence-electron chi connectivity index (χ1n) is 13.2. The lowest BCUT2D eigenvalue weighted by Gasteiger charge is -2.44. The van der Waals surface area contributed by atoms with Crippen molar-refractivity contribution in [3.05, 3.63) is 29.8 Å². The highest BCUT2D eigenvalue weighted by atomic mass is 16.7. The molecule has 224 valence electrons. The molecule has 0 radical (unpaired) electrons. The maximum absolute atomic E-state index is 13.5. The van der Waals surface area contributed by atoms with E-state index in [1.165, 1.54) is 4.90 Å². The van der Waals surface area contributed by atoms with Crippen LogP contribution in [0.5, 0.6) is 0 Å². The van der Waals surface area contributed by atoms with Gasteiger partial charge in [-0.25, -0.2) is 0 Å². The zero-order chi connectivity index (χ0) is 30.5. The number of benzene rings is 1. The van der Waals surface area contributed by atoms with Crippen LogP contribution in [0, 0.1) is 0 Å². The average molecular weight is 578 g/mol. The molecule has 1 fully saturated rings. The quantitative estimate of drug-likeness (QED) is 0.294. The van der Waals surface area contributed by atoms with Gasteiger partial charge in [-0.05, 0) is 12.5 Å². The fourth-order valence-electron chi connectivity index (χ4n) is 5.19. The first-order valence-corrected chi connectivity index (χ1v) is 13.2. The van der Waals surface area contributed by atoms with Crippen LogP contribution in [-0.2, 0) is 58.1 Å². The van der Waals surface area contributed by atoms with Crippen molar-refractivity contribution in [2.75, 3.05) is 18.1 Å². The van der Waals surface area contributed by atoms with Crippen LogP contribution in [0.3, 0.4) is 0 Å². The van der Waals surface area contributed by atoms with Gasteiger partial charge >= 0.3 is 23.9 Å². The van der Waals surface area contributed by atoms with Gasteiger partial charge in [-0.1, -0.05) is 25.1 Å². The molecule has 1 aromatic rings. The Bertz CT molecular complexity index is 1200. The predicted octanol–water partition coefficient (Wildman–Crippen LogP) is 1.11. The summed E-state index contributed by atoms with van der Waals surface area (Å²) in [7, 11) is 0. The Morgan fingerprint density at radius 2 is 1.44 bits per heavy atom. The molecule has 1 aromatic carbocycles. The number of nitrogens with zero attached hydrogens (tertiary/aromatic N) is 1. The number of anilines is 1. The minimum atomic E-state index is -2.14. The lowest BCUT2D eigenvalue weighted by molar-refractivity contribution is -0.252. The topological polar surface area (TPSA) is 172 Å². The third-order valence-electron chi connectivity index (χ3n) is 6.66. The first kappa shape index (κ1) is 31.7. The van der Waals surface area contributed by atoms with Crippen molar-refractivity contribution >= 4 is 41.3 Å². The van der Waals surface area contributed by atoms with Gasteiger partial charge in [-0.3, -0.25) is 28.8 Å². The molecule has 1 amide bonds. The number of Topliss-reactive ketones (excluding diaryl/α,β-unsaturated/α-hetero) is 1. The van der Waals surface area contributed by atoms with E-state index in [-0.39, 0.29) is 5.56 Å². The van der Waals surface area contributed by atoms with E-state index in [0.717, 1.165) is 27.7 Å². The van der Waals surface area contributed by atoms with Crippen molar-refractivity contribution < 1.29 is 57.6 Å². The summed E-state index contributed by atoms with van der Waals surface area (Å²) in [6.07, 6.45) is -7.20. The molecule has 0 aromatic heterocycles. The Hall–Kier alpha value is -3.84. The number of fused-ring (bicyclic) bond motifs is 1. The highest BCUT2D eigenvalue weighted by Crippen LogP contribution is 2.43. The molecule has 2 aliphatic heterocycles. The number of ether oxygens (including phenoxy) is 5. The summed E-state index contributed by atoms with van der Waals surface area (Å²) in [5.41, 5.74) is -1.35. The SMILES string of the molecule is CCCN1C(=O)C(O)(CC(=O)C[C@@H]2O[C@H](COC(C)=O)[C@@H](OC(C)=O)[C@H](OC(C)=O)[C@H]2OC(C)=O)c2ccccc21. The van der Waals surface area contributed by atoms with Crippen LogP contribution in [0.25, 0.3) is 0 Å². The smallest absolute Gasteiger partial charge is 0.303 e. The highest BCUT2D eigenvalue weighted by Gasteiger charge is 2.54. The molecule has 13 heteroatoms. The lowest BCUT2D eigenvalue weighted by atomic mass is 9.86. The number of amides is 1. The number of hydrogen-bond acceptors (Lipinski definition) is 12. The first-order chi connectivity index (χ1) is 19.3. The van der Waals surface area contributed by atoms with E-state index < -0.39 is 91.1 Å². The molecule has 6 atom stereocenters. The van der Waals surface area contributed by atoms with Gasteiger partial charge in [0.25, 0.3) is 5.91 Å². The van der Waals surface area contributed by atoms with Crippen molar-refractivity contribution in [3.8, 4) is 0 Å². The van der Waals surface area contributed by atoms with E-state index in [9.17, 15) is 33.9 Å². The van der Waals surface area contributed by atoms with Gasteiger partial charge in [-0.2, -0.15) is 0 Å². The van der Waals surface area contributed by atoms with E-state index in [4.69, 9.17) is 23.7 Å². The monoisotopic (exact) mass is 577 g/mol. The summed E-state index contributed by atoms with van der Waals surface area (Å²) in [4.78, 5) is 75.6. The number of hydrogen-bond donors (Lipinski definition) is 1. The van der Waals surface area contributed by atoms with Gasteiger partial charge < -0.3 is 33.7 Å². The molecule has 2 aliphatic rings. The number of rotatable bonds is 11. The summed E-state index contributed by atoms with van der Waals surface area (Å²) >= 11 is 0. The van der Waals surface area contributed by atoms with Crippen LogP contribution in [-0.4, -0.2) is 84.3 Å². The summed E-state index contributed by atoms with van der Waals surface area (Å²) in [5, 5.41) is 11.5. The number of esters is 4. The fourth-order valence-corrected chi connectivity index (χ4v) is 5.19. The van der Waals surface area contributed by atoms with Crippen molar-refractivity contribution in [2.24, 2.45) is 0 Å². The second kappa shape index (κ2) is 13.2. The van der Waals surface area contributed by atoms with E-state index >= 15 is 0 Å². The van der Waals surface area contributed by atoms with Gasteiger partial charge in [0.05, 0.1) is 5.69 Å². The minimum absolute atomic E-state index is 0.286. The maximum Gasteiger partial charge on any atom is 0.303 e. The van der Waals surface area contributed by atoms with Gasteiger partial charge in [-0.15, -0.1) is 0 Å². The molecule has 3 rings (SSSR count). The van der Waals surface area contributed by atoms with Crippen molar-refractivity contribution in [1.82, 2.24) is 0 Å². The van der Waals surface area contributed by atoms with Crippen LogP contribution in [0.2, 0.25) is 0 Å². The molecular weight excluding hydrogens is 542 g/mol. The lowest BCUT2D eigenvalue weighted by Crippen LogP contribution is -2.62. The Labute approximate surface area is 237 Å². The van der Waals surface area contributed by atoms with Gasteiger partial charge in [0.15, 0.2) is 23.9 Å². The van der Waals surface area contributed by atoms with E-state index in [1.54, 1.807) is 24.3 Å². The maximum atomic E-state index is 13.5. The normalized spacial score (nSPS) is 27.0. The molecule has 13 nitrogen and oxygen atoms in total. The molecule has 1 N–H and O–H groups in total. The number of ketones is 1. The Morgan fingerprint density at radius 3 is 2.00 bits per heavy atom. The predicted molar refractivity (Wildman–Crippen MR) is 139 cm³/mol. The zero-order valence-electron chi connectivity index (χ0n) is 23.6. The third kappa shape index (κ3) is 7.27. The Kier molecular flexibility index (Phi) is 10.2. The molecule has 1 unspecified atom stereocenters. The summed E-state index contributed by atoms with van der Waals surface area (Å²) in [6, 6.07) is 6.63. The van der Waals surface area contributed by atoms with E-state index in [0.29, 0.717) is 18.7 Å². The average Bonchev–Trinajstić information content (AvgIpc) is 3.07. The number of para-hydroxylation sites is 1. The largest absolute Gasteiger partial charge is 0.463 e. The van der Waals surface area contributed by atoms with Crippen LogP contribution in [0.4, 0.5) is 5.69 Å². The zero-order valence-corrected chi connectivity index (χ0v) is 23.6. The molecule has 0 saturated carbocycles. The second-order valence-corrected chi connectivity index (χ2v) is 9.99. The Balaban J connectivity index is 1.94. The molecule has 0 aliphatic carbocycles. The van der Waals surface area contributed by atoms with Gasteiger partial charge in [0.2, 0.25) is 0 Å². The van der Waals surface area contributed by atoms with Gasteiger partial charge in [0, 0.05) is 52.6 Å². The fraction of sp³-hybridized carbons (Fsp3) is 0.571. The number of carbonyl (C=O) groups is 6. The van der Waals surface area contributed by atoms with Crippen LogP contribution in [0.15, 0.2) is 24.3 Å². The second-order valence-electron chi connectivity index (χ2n) is 9.99. The third-order valence-corrected chi connectivity index (χ3v) is 6.66. The minimum Gasteiger partial charge on any atom is -0.463 e. The van der Waals surface area contributed by atoms with Crippen molar-refractivity contribution in [3.63, 3.8) is 0 Å². The Morgan fingerprint density at radius 1 is 0.878 bits per heavy atom. The summed E-state index contributed by atoms with van der Waals surface area (Å²) in [6.45, 7) is 6.21. The number of carbonyl (C=O) groups excluding carboxylic acids is 6. The standard InChI is InChI=1S/C28H35NO12/c1-6-11-29-21-10-8-7-9-20(21)28(36,27(29)35)13-19(34)12-22-24(38-16(3)31)26(40-18(5)33)25(39-17(4)32)23(41-22)14-37-15(2)30/h7-10,22-26,36H,6,11-14H2,1-5H3/t22-,23+,24-,25+,26+,28?/m0/s1. The van der Waals surface area contributed by atoms with Crippen LogP contribution >= 0.6 is 0 Å². The summed E-state index contributed by atoms with van der Waals surface area (Å²) < 4.78 is 27.1. The molecule has 41 heavy (non-hydrogen) atoms. The molecular formula is C28H35NO12. The number of aliphatic hydroxyl groups is 1. The molecule has 0 spiro atoms.